The number of carbonyl (C=O) groups excluding carboxylic acids is 1. The van der Waals surface area contributed by atoms with Crippen molar-refractivity contribution < 1.29 is 14.3 Å². The lowest BCUT2D eigenvalue weighted by Crippen LogP contribution is -2.37. The van der Waals surface area contributed by atoms with E-state index in [0.29, 0.717) is 23.2 Å². The fourth-order valence-electron chi connectivity index (χ4n) is 2.01. The molecule has 0 saturated heterocycles. The van der Waals surface area contributed by atoms with Gasteiger partial charge >= 0.3 is 0 Å². The van der Waals surface area contributed by atoms with Gasteiger partial charge in [-0.25, -0.2) is 9.37 Å². The van der Waals surface area contributed by atoms with Crippen molar-refractivity contribution in [2.75, 3.05) is 18.6 Å². The number of fused-ring (bicyclic) bond motifs is 1. The van der Waals surface area contributed by atoms with Crippen LogP contribution in [-0.2, 0) is 0 Å². The molecule has 2 aromatic rings. The Morgan fingerprint density at radius 3 is 3.10 bits per heavy atom. The first-order valence-electron chi connectivity index (χ1n) is 6.19. The van der Waals surface area contributed by atoms with E-state index in [2.05, 4.69) is 15.3 Å². The predicted molar refractivity (Wildman–Crippen MR) is 77.4 cm³/mol. The molecule has 0 fully saturated rings. The number of aromatic nitrogens is 2. The molecular formula is C13H16FN3O2S. The van der Waals surface area contributed by atoms with Crippen LogP contribution in [0.25, 0.3) is 11.0 Å². The minimum Gasteiger partial charge on any atom is -0.396 e. The molecule has 1 aromatic heterocycles. The van der Waals surface area contributed by atoms with E-state index in [4.69, 9.17) is 5.11 Å². The fourth-order valence-corrected chi connectivity index (χ4v) is 2.66. The van der Waals surface area contributed by atoms with Crippen LogP contribution in [0.15, 0.2) is 18.5 Å². The van der Waals surface area contributed by atoms with Gasteiger partial charge in [-0.15, -0.1) is 0 Å². The third-order valence-corrected chi connectivity index (χ3v) is 3.65. The molecule has 20 heavy (non-hydrogen) atoms. The van der Waals surface area contributed by atoms with Crippen molar-refractivity contribution in [3.8, 4) is 0 Å². The first-order valence-corrected chi connectivity index (χ1v) is 7.58. The van der Waals surface area contributed by atoms with Gasteiger partial charge in [-0.05, 0) is 24.8 Å². The van der Waals surface area contributed by atoms with E-state index in [-0.39, 0.29) is 24.1 Å². The quantitative estimate of drug-likeness (QED) is 0.756. The second-order valence-corrected chi connectivity index (χ2v) is 5.30. The van der Waals surface area contributed by atoms with Crippen LogP contribution in [0.5, 0.6) is 0 Å². The van der Waals surface area contributed by atoms with Crippen LogP contribution in [0, 0.1) is 5.82 Å². The highest BCUT2D eigenvalue weighted by Gasteiger charge is 2.17. The summed E-state index contributed by atoms with van der Waals surface area (Å²) in [6.07, 6.45) is 3.81. The molecule has 1 aromatic carbocycles. The minimum atomic E-state index is -0.490. The largest absolute Gasteiger partial charge is 0.396 e. The Hall–Kier alpha value is -1.60. The molecule has 1 atom stereocenters. The molecule has 0 saturated carbocycles. The number of nitrogens with one attached hydrogen (secondary N) is 2. The first-order chi connectivity index (χ1) is 9.65. The summed E-state index contributed by atoms with van der Waals surface area (Å²) < 4.78 is 13.5. The molecule has 0 aliphatic carbocycles. The van der Waals surface area contributed by atoms with E-state index in [1.807, 2.05) is 6.26 Å². The van der Waals surface area contributed by atoms with Crippen LogP contribution in [0.4, 0.5) is 4.39 Å². The van der Waals surface area contributed by atoms with E-state index in [1.54, 1.807) is 11.8 Å². The normalized spacial score (nSPS) is 12.6. The van der Waals surface area contributed by atoms with E-state index in [9.17, 15) is 9.18 Å². The van der Waals surface area contributed by atoms with Crippen LogP contribution in [-0.4, -0.2) is 45.6 Å². The number of benzene rings is 1. The van der Waals surface area contributed by atoms with Gasteiger partial charge in [0.05, 0.1) is 17.4 Å². The van der Waals surface area contributed by atoms with Gasteiger partial charge < -0.3 is 15.4 Å². The number of aromatic amines is 1. The van der Waals surface area contributed by atoms with Gasteiger partial charge in [0.2, 0.25) is 0 Å². The summed E-state index contributed by atoms with van der Waals surface area (Å²) in [5, 5.41) is 11.8. The monoisotopic (exact) mass is 297 g/mol. The minimum absolute atomic E-state index is 0.00747. The fraction of sp³-hybridized carbons (Fsp3) is 0.385. The molecule has 5 nitrogen and oxygen atoms in total. The number of halogens is 1. The van der Waals surface area contributed by atoms with Crippen molar-refractivity contribution >= 4 is 28.7 Å². The molecule has 0 aliphatic heterocycles. The highest BCUT2D eigenvalue weighted by atomic mass is 32.2. The number of hydrogen-bond donors (Lipinski definition) is 3. The Balaban J connectivity index is 2.24. The zero-order chi connectivity index (χ0) is 14.5. The van der Waals surface area contributed by atoms with Crippen LogP contribution < -0.4 is 5.32 Å². The molecule has 2 rings (SSSR count). The lowest BCUT2D eigenvalue weighted by Gasteiger charge is -2.16. The summed E-state index contributed by atoms with van der Waals surface area (Å²) in [6.45, 7) is -0.00747. The van der Waals surface area contributed by atoms with Crippen molar-refractivity contribution in [3.05, 3.63) is 29.8 Å². The Morgan fingerprint density at radius 2 is 2.40 bits per heavy atom. The molecule has 0 bridgehead atoms. The number of nitrogens with zero attached hydrogens (tertiary/aromatic N) is 1. The Kier molecular flexibility index (Phi) is 4.97. The molecule has 7 heteroatoms. The summed E-state index contributed by atoms with van der Waals surface area (Å²) >= 11 is 1.57. The zero-order valence-electron chi connectivity index (χ0n) is 11.0. The maximum Gasteiger partial charge on any atom is 0.253 e. The van der Waals surface area contributed by atoms with Crippen LogP contribution in [0.2, 0.25) is 0 Å². The maximum absolute atomic E-state index is 13.5. The van der Waals surface area contributed by atoms with Crippen molar-refractivity contribution in [1.82, 2.24) is 15.3 Å². The molecule has 0 radical (unpaired) electrons. The maximum atomic E-state index is 13.5. The second-order valence-electron chi connectivity index (χ2n) is 4.39. The number of thioether (sulfide) groups is 1. The SMILES string of the molecule is CSCC(CCO)NC(=O)c1cc(F)cc2[nH]cnc12. The highest BCUT2D eigenvalue weighted by Crippen LogP contribution is 2.17. The topological polar surface area (TPSA) is 78.0 Å². The smallest absolute Gasteiger partial charge is 0.253 e. The van der Waals surface area contributed by atoms with Gasteiger partial charge in [0, 0.05) is 18.4 Å². The van der Waals surface area contributed by atoms with Gasteiger partial charge in [0.15, 0.2) is 0 Å². The Labute approximate surface area is 120 Å². The van der Waals surface area contributed by atoms with Crippen LogP contribution >= 0.6 is 11.8 Å². The summed E-state index contributed by atoms with van der Waals surface area (Å²) in [6, 6.07) is 2.32. The van der Waals surface area contributed by atoms with Crippen molar-refractivity contribution in [2.24, 2.45) is 0 Å². The average molecular weight is 297 g/mol. The van der Waals surface area contributed by atoms with Gasteiger partial charge in [0.1, 0.15) is 11.3 Å². The van der Waals surface area contributed by atoms with E-state index < -0.39 is 5.82 Å². The number of aliphatic hydroxyl groups is 1. The number of rotatable bonds is 6. The molecular weight excluding hydrogens is 281 g/mol. The number of H-pyrrole nitrogens is 1. The van der Waals surface area contributed by atoms with Crippen molar-refractivity contribution in [3.63, 3.8) is 0 Å². The molecule has 1 heterocycles. The third-order valence-electron chi connectivity index (χ3n) is 2.91. The number of imidazole rings is 1. The lowest BCUT2D eigenvalue weighted by atomic mass is 10.1. The van der Waals surface area contributed by atoms with Gasteiger partial charge in [-0.3, -0.25) is 4.79 Å². The lowest BCUT2D eigenvalue weighted by molar-refractivity contribution is 0.0936. The Bertz CT molecular complexity index is 596. The zero-order valence-corrected chi connectivity index (χ0v) is 11.8. The first kappa shape index (κ1) is 14.8. The second kappa shape index (κ2) is 6.71. The van der Waals surface area contributed by atoms with Gasteiger partial charge in [-0.2, -0.15) is 11.8 Å². The summed E-state index contributed by atoms with van der Waals surface area (Å²) in [5.41, 5.74) is 1.12. The number of carbonyl (C=O) groups is 1. The van der Waals surface area contributed by atoms with Crippen LogP contribution in [0.1, 0.15) is 16.8 Å². The molecule has 1 amide bonds. The summed E-state index contributed by atoms with van der Waals surface area (Å²) in [5.74, 6) is -0.185. The summed E-state index contributed by atoms with van der Waals surface area (Å²) in [7, 11) is 0. The van der Waals surface area contributed by atoms with Crippen molar-refractivity contribution in [2.45, 2.75) is 12.5 Å². The van der Waals surface area contributed by atoms with Gasteiger partial charge in [-0.1, -0.05) is 0 Å². The molecule has 0 spiro atoms. The van der Waals surface area contributed by atoms with E-state index >= 15 is 0 Å². The third kappa shape index (κ3) is 3.29. The molecule has 0 aliphatic rings. The van der Waals surface area contributed by atoms with Crippen molar-refractivity contribution in [1.29, 1.82) is 0 Å². The Morgan fingerprint density at radius 1 is 1.60 bits per heavy atom. The number of hydrogen-bond acceptors (Lipinski definition) is 4. The summed E-state index contributed by atoms with van der Waals surface area (Å²) in [4.78, 5) is 19.1. The number of aliphatic hydroxyl groups excluding tert-OH is 1. The molecule has 1 unspecified atom stereocenters. The molecule has 108 valence electrons. The standard InChI is InChI=1S/C13H16FN3O2S/c1-20-6-9(2-3-18)17-13(19)10-4-8(14)5-11-12(10)16-7-15-11/h4-5,7,9,18H,2-3,6H2,1H3,(H,15,16)(H,17,19). The highest BCUT2D eigenvalue weighted by molar-refractivity contribution is 7.98. The van der Waals surface area contributed by atoms with Gasteiger partial charge in [0.25, 0.3) is 5.91 Å². The van der Waals surface area contributed by atoms with E-state index in [1.165, 1.54) is 18.5 Å². The molecule has 3 N–H and O–H groups in total. The average Bonchev–Trinajstić information content (AvgIpc) is 2.86. The van der Waals surface area contributed by atoms with Crippen LogP contribution in [0.3, 0.4) is 0 Å². The predicted octanol–water partition coefficient (Wildman–Crippen LogP) is 1.55. The van der Waals surface area contributed by atoms with E-state index in [0.717, 1.165) is 0 Å². The number of amides is 1.